The van der Waals surface area contributed by atoms with E-state index in [4.69, 9.17) is 5.73 Å². The summed E-state index contributed by atoms with van der Waals surface area (Å²) in [5, 5.41) is 1.94. The zero-order valence-electron chi connectivity index (χ0n) is 5.32. The van der Waals surface area contributed by atoms with Crippen LogP contribution in [-0.2, 0) is 0 Å². The summed E-state index contributed by atoms with van der Waals surface area (Å²) in [7, 11) is 0. The Bertz CT molecular complexity index is 353. The maximum atomic E-state index is 5.65. The molecule has 0 aliphatic rings. The molecule has 0 radical (unpaired) electrons. The molecule has 2 aromatic rings. The maximum Gasteiger partial charge on any atom is 0.288 e. The van der Waals surface area contributed by atoms with E-state index in [2.05, 4.69) is 0 Å². The van der Waals surface area contributed by atoms with Crippen molar-refractivity contribution in [1.29, 1.82) is 0 Å². The monoisotopic (exact) mass is 151 g/mol. The fraction of sp³-hybridized carbons (Fsp3) is 0. The van der Waals surface area contributed by atoms with Crippen molar-refractivity contribution >= 4 is 22.0 Å². The first-order chi connectivity index (χ1) is 4.88. The Labute approximate surface area is 62.5 Å². The minimum Gasteiger partial charge on any atom is -0.286 e. The standard InChI is InChI=1S/C7H7N2S/c8-6-5-10-7-3-1-2-4-9(6)7/h1-5H,8H2/q+1. The van der Waals surface area contributed by atoms with E-state index in [9.17, 15) is 0 Å². The van der Waals surface area contributed by atoms with Crippen molar-refractivity contribution < 1.29 is 4.40 Å². The molecule has 0 spiro atoms. The van der Waals surface area contributed by atoms with Crippen LogP contribution in [0.5, 0.6) is 0 Å². The maximum absolute atomic E-state index is 5.65. The summed E-state index contributed by atoms with van der Waals surface area (Å²) in [5.41, 5.74) is 5.65. The Kier molecular flexibility index (Phi) is 1.11. The highest BCUT2D eigenvalue weighted by Gasteiger charge is 2.02. The van der Waals surface area contributed by atoms with E-state index in [1.807, 2.05) is 34.2 Å². The van der Waals surface area contributed by atoms with E-state index in [1.165, 1.54) is 4.83 Å². The molecule has 3 heteroatoms. The average Bonchev–Trinajstić information content (AvgIpc) is 2.34. The number of nitrogens with zero attached hydrogens (tertiary/aromatic N) is 1. The lowest BCUT2D eigenvalue weighted by Gasteiger charge is -1.83. The molecule has 2 rings (SSSR count). The van der Waals surface area contributed by atoms with Crippen LogP contribution in [0.4, 0.5) is 5.82 Å². The Morgan fingerprint density at radius 3 is 3.10 bits per heavy atom. The van der Waals surface area contributed by atoms with Crippen molar-refractivity contribution in [2.75, 3.05) is 5.73 Å². The lowest BCUT2D eigenvalue weighted by Crippen LogP contribution is -2.21. The van der Waals surface area contributed by atoms with Crippen LogP contribution in [0.1, 0.15) is 0 Å². The first-order valence-electron chi connectivity index (χ1n) is 3.01. The van der Waals surface area contributed by atoms with Crippen molar-refractivity contribution in [3.05, 3.63) is 29.8 Å². The SMILES string of the molecule is Nc1csc2cccc[n+]12. The Balaban J connectivity index is 2.93. The molecule has 50 valence electrons. The van der Waals surface area contributed by atoms with Gasteiger partial charge in [-0.1, -0.05) is 17.4 Å². The first kappa shape index (κ1) is 5.68. The van der Waals surface area contributed by atoms with Gasteiger partial charge in [0.15, 0.2) is 4.83 Å². The van der Waals surface area contributed by atoms with Crippen molar-refractivity contribution in [3.63, 3.8) is 0 Å². The molecule has 0 aromatic carbocycles. The summed E-state index contributed by atoms with van der Waals surface area (Å²) in [4.78, 5) is 1.18. The largest absolute Gasteiger partial charge is 0.288 e. The number of rotatable bonds is 0. The molecule has 2 aromatic heterocycles. The summed E-state index contributed by atoms with van der Waals surface area (Å²) in [6, 6.07) is 6.02. The molecule has 0 fully saturated rings. The second-order valence-electron chi connectivity index (χ2n) is 2.07. The number of aromatic nitrogens is 1. The number of nitrogens with two attached hydrogens (primary N) is 1. The molecule has 10 heavy (non-hydrogen) atoms. The van der Waals surface area contributed by atoms with Gasteiger partial charge >= 0.3 is 0 Å². The van der Waals surface area contributed by atoms with Crippen LogP contribution >= 0.6 is 11.3 Å². The summed E-state index contributed by atoms with van der Waals surface area (Å²) in [6.07, 6.45) is 1.96. The molecular weight excluding hydrogens is 144 g/mol. The van der Waals surface area contributed by atoms with Gasteiger partial charge in [0, 0.05) is 0 Å². The molecule has 0 bridgehead atoms. The number of fused-ring (bicyclic) bond motifs is 1. The summed E-state index contributed by atoms with van der Waals surface area (Å²) < 4.78 is 1.96. The predicted molar refractivity (Wildman–Crippen MR) is 41.9 cm³/mol. The Hall–Kier alpha value is -1.09. The summed E-state index contributed by atoms with van der Waals surface area (Å²) >= 11 is 1.65. The number of hydrogen-bond acceptors (Lipinski definition) is 2. The molecule has 2 N–H and O–H groups in total. The highest BCUT2D eigenvalue weighted by molar-refractivity contribution is 7.15. The number of nitrogen functional groups attached to an aromatic ring is 1. The third-order valence-corrected chi connectivity index (χ3v) is 2.33. The fourth-order valence-electron chi connectivity index (χ4n) is 0.914. The zero-order valence-corrected chi connectivity index (χ0v) is 6.14. The van der Waals surface area contributed by atoms with Crippen LogP contribution in [0.3, 0.4) is 0 Å². The summed E-state index contributed by atoms with van der Waals surface area (Å²) in [6.45, 7) is 0. The van der Waals surface area contributed by atoms with Gasteiger partial charge in [0.2, 0.25) is 0 Å². The topological polar surface area (TPSA) is 30.1 Å². The van der Waals surface area contributed by atoms with Gasteiger partial charge in [0.25, 0.3) is 5.82 Å². The third kappa shape index (κ3) is 0.675. The van der Waals surface area contributed by atoms with Gasteiger partial charge in [0.05, 0.1) is 11.6 Å². The van der Waals surface area contributed by atoms with E-state index in [1.54, 1.807) is 11.3 Å². The molecule has 2 nitrogen and oxygen atoms in total. The van der Waals surface area contributed by atoms with Crippen LogP contribution in [0.25, 0.3) is 4.83 Å². The number of pyridine rings is 1. The van der Waals surface area contributed by atoms with E-state index in [-0.39, 0.29) is 0 Å². The van der Waals surface area contributed by atoms with E-state index in [0.717, 1.165) is 5.82 Å². The molecular formula is C7H7N2S+. The smallest absolute Gasteiger partial charge is 0.286 e. The predicted octanol–water partition coefficient (Wildman–Crippen LogP) is 1.07. The van der Waals surface area contributed by atoms with E-state index >= 15 is 0 Å². The van der Waals surface area contributed by atoms with Crippen molar-refractivity contribution in [2.24, 2.45) is 0 Å². The van der Waals surface area contributed by atoms with Gasteiger partial charge in [-0.15, -0.1) is 0 Å². The van der Waals surface area contributed by atoms with E-state index in [0.29, 0.717) is 0 Å². The van der Waals surface area contributed by atoms with Gasteiger partial charge in [-0.25, -0.2) is 0 Å². The molecule has 0 aliphatic carbocycles. The van der Waals surface area contributed by atoms with Crippen LogP contribution in [0.2, 0.25) is 0 Å². The molecule has 2 heterocycles. The lowest BCUT2D eigenvalue weighted by atomic mass is 10.5. The van der Waals surface area contributed by atoms with Gasteiger partial charge in [-0.3, -0.25) is 5.73 Å². The molecule has 0 aliphatic heterocycles. The third-order valence-electron chi connectivity index (χ3n) is 1.40. The fourth-order valence-corrected chi connectivity index (χ4v) is 1.71. The quantitative estimate of drug-likeness (QED) is 0.561. The molecule has 0 unspecified atom stereocenters. The van der Waals surface area contributed by atoms with E-state index < -0.39 is 0 Å². The normalized spacial score (nSPS) is 10.4. The number of hydrogen-bond donors (Lipinski definition) is 1. The lowest BCUT2D eigenvalue weighted by molar-refractivity contribution is -0.491. The van der Waals surface area contributed by atoms with Crippen molar-refractivity contribution in [2.45, 2.75) is 0 Å². The van der Waals surface area contributed by atoms with Gasteiger partial charge in [-0.05, 0) is 12.1 Å². The minimum absolute atomic E-state index is 0.806. The van der Waals surface area contributed by atoms with Crippen LogP contribution in [0, 0.1) is 0 Å². The van der Waals surface area contributed by atoms with Gasteiger partial charge < -0.3 is 0 Å². The zero-order chi connectivity index (χ0) is 6.97. The number of anilines is 1. The molecule has 0 amide bonds. The highest BCUT2D eigenvalue weighted by atomic mass is 32.1. The molecule has 0 saturated carbocycles. The van der Waals surface area contributed by atoms with Crippen molar-refractivity contribution in [3.8, 4) is 0 Å². The van der Waals surface area contributed by atoms with Gasteiger partial charge in [0.1, 0.15) is 0 Å². The van der Waals surface area contributed by atoms with Crippen LogP contribution < -0.4 is 10.1 Å². The van der Waals surface area contributed by atoms with Crippen LogP contribution in [0.15, 0.2) is 29.8 Å². The molecule has 0 atom stereocenters. The highest BCUT2D eigenvalue weighted by Crippen LogP contribution is 2.08. The first-order valence-corrected chi connectivity index (χ1v) is 3.89. The second-order valence-corrected chi connectivity index (χ2v) is 2.96. The minimum atomic E-state index is 0.806. The van der Waals surface area contributed by atoms with Gasteiger partial charge in [-0.2, -0.15) is 4.40 Å². The summed E-state index contributed by atoms with van der Waals surface area (Å²) in [5.74, 6) is 0.806. The number of thiazole rings is 1. The average molecular weight is 151 g/mol. The Morgan fingerprint density at radius 1 is 1.40 bits per heavy atom. The van der Waals surface area contributed by atoms with Crippen LogP contribution in [-0.4, -0.2) is 0 Å². The Morgan fingerprint density at radius 2 is 2.30 bits per heavy atom. The van der Waals surface area contributed by atoms with Crippen molar-refractivity contribution in [1.82, 2.24) is 0 Å². The second kappa shape index (κ2) is 1.95. The molecule has 0 saturated heterocycles.